The molecular formula is C12H23N5. The number of aromatic nitrogens is 3. The van der Waals surface area contributed by atoms with E-state index in [0.29, 0.717) is 0 Å². The summed E-state index contributed by atoms with van der Waals surface area (Å²) in [6.45, 7) is 10.5. The van der Waals surface area contributed by atoms with Crippen molar-refractivity contribution in [2.75, 3.05) is 25.0 Å². The van der Waals surface area contributed by atoms with Crippen LogP contribution in [-0.4, -0.2) is 34.4 Å². The monoisotopic (exact) mass is 237 g/mol. The number of rotatable bonds is 4. The molecule has 0 unspecified atom stereocenters. The Hall–Kier alpha value is -1.10. The molecule has 2 N–H and O–H groups in total. The third-order valence-electron chi connectivity index (χ3n) is 3.65. The molecule has 0 aliphatic carbocycles. The lowest BCUT2D eigenvalue weighted by Gasteiger charge is -2.33. The second-order valence-corrected chi connectivity index (χ2v) is 4.93. The van der Waals surface area contributed by atoms with Crippen LogP contribution in [0.1, 0.15) is 39.4 Å². The Morgan fingerprint density at radius 1 is 1.29 bits per heavy atom. The molecule has 0 radical (unpaired) electrons. The van der Waals surface area contributed by atoms with Gasteiger partial charge in [0.05, 0.1) is 0 Å². The van der Waals surface area contributed by atoms with E-state index in [4.69, 9.17) is 0 Å². The van der Waals surface area contributed by atoms with Crippen molar-refractivity contribution in [1.82, 2.24) is 20.1 Å². The minimum atomic E-state index is 0.169. The Balaban J connectivity index is 2.30. The molecule has 0 amide bonds. The maximum atomic E-state index is 4.42. The fourth-order valence-electron chi connectivity index (χ4n) is 2.54. The number of nitrogens with zero attached hydrogens (tertiary/aromatic N) is 3. The molecule has 1 aromatic rings. The summed E-state index contributed by atoms with van der Waals surface area (Å²) in [5.74, 6) is 2.04. The Bertz CT molecular complexity index is 365. The zero-order chi connectivity index (χ0) is 12.3. The van der Waals surface area contributed by atoms with E-state index in [1.807, 2.05) is 0 Å². The van der Waals surface area contributed by atoms with E-state index in [0.717, 1.165) is 50.8 Å². The van der Waals surface area contributed by atoms with Gasteiger partial charge in [-0.3, -0.25) is 4.57 Å². The summed E-state index contributed by atoms with van der Waals surface area (Å²) in [6, 6.07) is 0. The van der Waals surface area contributed by atoms with Gasteiger partial charge in [-0.2, -0.15) is 0 Å². The van der Waals surface area contributed by atoms with Crippen molar-refractivity contribution in [3.8, 4) is 0 Å². The molecular weight excluding hydrogens is 214 g/mol. The second-order valence-electron chi connectivity index (χ2n) is 4.93. The highest BCUT2D eigenvalue weighted by Gasteiger charge is 2.34. The molecule has 96 valence electrons. The topological polar surface area (TPSA) is 54.8 Å². The van der Waals surface area contributed by atoms with Crippen LogP contribution in [0, 0.1) is 0 Å². The summed E-state index contributed by atoms with van der Waals surface area (Å²) in [5, 5.41) is 15.4. The van der Waals surface area contributed by atoms with Crippen molar-refractivity contribution in [2.45, 2.75) is 45.6 Å². The minimum Gasteiger partial charge on any atom is -0.355 e. The molecule has 0 bridgehead atoms. The van der Waals surface area contributed by atoms with E-state index >= 15 is 0 Å². The molecule has 1 fully saturated rings. The molecule has 0 saturated carbocycles. The minimum absolute atomic E-state index is 0.169. The van der Waals surface area contributed by atoms with Crippen LogP contribution >= 0.6 is 0 Å². The van der Waals surface area contributed by atoms with Gasteiger partial charge in [-0.1, -0.05) is 6.92 Å². The molecule has 0 aromatic carbocycles. The molecule has 5 nitrogen and oxygen atoms in total. The first-order valence-electron chi connectivity index (χ1n) is 6.59. The maximum absolute atomic E-state index is 4.42. The lowest BCUT2D eigenvalue weighted by Crippen LogP contribution is -2.39. The standard InChI is InChI=1S/C12H23N5/c1-4-14-11-16-15-10(17(11)5-2)12(3)6-8-13-9-7-12/h13H,4-9H2,1-3H3,(H,14,16). The quantitative estimate of drug-likeness (QED) is 0.830. The average Bonchev–Trinajstić information content (AvgIpc) is 2.74. The van der Waals surface area contributed by atoms with Crippen LogP contribution in [0.15, 0.2) is 0 Å². The first kappa shape index (κ1) is 12.4. The molecule has 1 aromatic heterocycles. The van der Waals surface area contributed by atoms with Gasteiger partial charge < -0.3 is 10.6 Å². The summed E-state index contributed by atoms with van der Waals surface area (Å²) in [4.78, 5) is 0. The van der Waals surface area contributed by atoms with E-state index in [-0.39, 0.29) is 5.41 Å². The van der Waals surface area contributed by atoms with Crippen molar-refractivity contribution < 1.29 is 0 Å². The van der Waals surface area contributed by atoms with Crippen molar-refractivity contribution >= 4 is 5.95 Å². The lowest BCUT2D eigenvalue weighted by atomic mass is 9.80. The van der Waals surface area contributed by atoms with Gasteiger partial charge in [0.1, 0.15) is 5.82 Å². The van der Waals surface area contributed by atoms with Crippen LogP contribution in [0.3, 0.4) is 0 Å². The van der Waals surface area contributed by atoms with Gasteiger partial charge in [0, 0.05) is 18.5 Å². The first-order chi connectivity index (χ1) is 8.21. The highest BCUT2D eigenvalue weighted by atomic mass is 15.4. The molecule has 1 aliphatic rings. The van der Waals surface area contributed by atoms with E-state index in [9.17, 15) is 0 Å². The number of piperidine rings is 1. The third kappa shape index (κ3) is 2.29. The van der Waals surface area contributed by atoms with Crippen LogP contribution in [0.4, 0.5) is 5.95 Å². The molecule has 0 atom stereocenters. The molecule has 0 spiro atoms. The van der Waals surface area contributed by atoms with Crippen LogP contribution in [0.2, 0.25) is 0 Å². The van der Waals surface area contributed by atoms with Gasteiger partial charge in [-0.05, 0) is 39.8 Å². The number of hydrogen-bond acceptors (Lipinski definition) is 4. The summed E-state index contributed by atoms with van der Waals surface area (Å²) >= 11 is 0. The highest BCUT2D eigenvalue weighted by molar-refractivity contribution is 5.28. The number of hydrogen-bond donors (Lipinski definition) is 2. The van der Waals surface area contributed by atoms with Crippen molar-refractivity contribution in [3.63, 3.8) is 0 Å². The van der Waals surface area contributed by atoms with Gasteiger partial charge in [-0.15, -0.1) is 10.2 Å². The van der Waals surface area contributed by atoms with Gasteiger partial charge >= 0.3 is 0 Å². The predicted molar refractivity (Wildman–Crippen MR) is 69.3 cm³/mol. The smallest absolute Gasteiger partial charge is 0.224 e. The van der Waals surface area contributed by atoms with Crippen LogP contribution < -0.4 is 10.6 Å². The fraction of sp³-hybridized carbons (Fsp3) is 0.833. The summed E-state index contributed by atoms with van der Waals surface area (Å²) < 4.78 is 2.22. The van der Waals surface area contributed by atoms with Gasteiger partial charge in [-0.25, -0.2) is 0 Å². The molecule has 1 saturated heterocycles. The SMILES string of the molecule is CCNc1nnc(C2(C)CCNCC2)n1CC. The van der Waals surface area contributed by atoms with Crippen molar-refractivity contribution in [3.05, 3.63) is 5.82 Å². The van der Waals surface area contributed by atoms with E-state index in [2.05, 4.69) is 46.2 Å². The lowest BCUT2D eigenvalue weighted by molar-refractivity contribution is 0.309. The Morgan fingerprint density at radius 3 is 2.59 bits per heavy atom. The van der Waals surface area contributed by atoms with Crippen LogP contribution in [-0.2, 0) is 12.0 Å². The van der Waals surface area contributed by atoms with Crippen molar-refractivity contribution in [1.29, 1.82) is 0 Å². The Labute approximate surface area is 103 Å². The molecule has 2 rings (SSSR count). The number of anilines is 1. The Kier molecular flexibility index (Phi) is 3.66. The average molecular weight is 237 g/mol. The molecule has 5 heteroatoms. The number of nitrogens with one attached hydrogen (secondary N) is 2. The zero-order valence-electron chi connectivity index (χ0n) is 11.1. The second kappa shape index (κ2) is 5.04. The normalized spacial score (nSPS) is 19.2. The summed E-state index contributed by atoms with van der Waals surface area (Å²) in [5.41, 5.74) is 0.169. The fourth-order valence-corrected chi connectivity index (χ4v) is 2.54. The van der Waals surface area contributed by atoms with Crippen LogP contribution in [0.25, 0.3) is 0 Å². The molecule has 2 heterocycles. The van der Waals surface area contributed by atoms with Gasteiger partial charge in [0.15, 0.2) is 0 Å². The summed E-state index contributed by atoms with van der Waals surface area (Å²) in [7, 11) is 0. The van der Waals surface area contributed by atoms with E-state index in [1.54, 1.807) is 0 Å². The first-order valence-corrected chi connectivity index (χ1v) is 6.59. The highest BCUT2D eigenvalue weighted by Crippen LogP contribution is 2.32. The Morgan fingerprint density at radius 2 is 2.00 bits per heavy atom. The molecule has 17 heavy (non-hydrogen) atoms. The predicted octanol–water partition coefficient (Wildman–Crippen LogP) is 1.37. The van der Waals surface area contributed by atoms with Gasteiger partial charge in [0.25, 0.3) is 0 Å². The third-order valence-corrected chi connectivity index (χ3v) is 3.65. The molecule has 1 aliphatic heterocycles. The van der Waals surface area contributed by atoms with E-state index in [1.165, 1.54) is 0 Å². The maximum Gasteiger partial charge on any atom is 0.224 e. The van der Waals surface area contributed by atoms with Crippen molar-refractivity contribution in [2.24, 2.45) is 0 Å². The zero-order valence-corrected chi connectivity index (χ0v) is 11.1. The van der Waals surface area contributed by atoms with Gasteiger partial charge in [0.2, 0.25) is 5.95 Å². The largest absolute Gasteiger partial charge is 0.355 e. The van der Waals surface area contributed by atoms with E-state index < -0.39 is 0 Å². The summed E-state index contributed by atoms with van der Waals surface area (Å²) in [6.07, 6.45) is 2.27. The van der Waals surface area contributed by atoms with Crippen LogP contribution in [0.5, 0.6) is 0 Å².